The predicted octanol–water partition coefficient (Wildman–Crippen LogP) is 2.98. The molecule has 5 nitrogen and oxygen atoms in total. The number of imide groups is 1. The third-order valence-corrected chi connectivity index (χ3v) is 6.31. The molecule has 0 aliphatic carbocycles. The van der Waals surface area contributed by atoms with Crippen molar-refractivity contribution in [3.05, 3.63) is 64.6 Å². The molecule has 5 rings (SSSR count). The number of hydrogen-bond donors (Lipinski definition) is 0. The van der Waals surface area contributed by atoms with Gasteiger partial charge < -0.3 is 0 Å². The maximum absolute atomic E-state index is 13.4. The van der Waals surface area contributed by atoms with Gasteiger partial charge in [0.05, 0.1) is 17.6 Å². The van der Waals surface area contributed by atoms with Crippen molar-refractivity contribution in [2.45, 2.75) is 18.5 Å². The molecular weight excluding hydrogens is 394 g/mol. The Morgan fingerprint density at radius 2 is 1.46 bits per heavy atom. The number of halogens is 1. The SMILES string of the molecule is O=C1[C@@H]2[C@@H](C(=O)N1c1ccccc1Br)N1CCCN1[C@@H]2c1ccccc1. The van der Waals surface area contributed by atoms with Gasteiger partial charge >= 0.3 is 0 Å². The lowest BCUT2D eigenvalue weighted by molar-refractivity contribution is -0.126. The van der Waals surface area contributed by atoms with Gasteiger partial charge in [-0.25, -0.2) is 14.9 Å². The summed E-state index contributed by atoms with van der Waals surface area (Å²) in [6.45, 7) is 1.72. The zero-order chi connectivity index (χ0) is 17.8. The van der Waals surface area contributed by atoms with Gasteiger partial charge in [-0.1, -0.05) is 42.5 Å². The van der Waals surface area contributed by atoms with Crippen LogP contribution < -0.4 is 4.90 Å². The van der Waals surface area contributed by atoms with E-state index in [9.17, 15) is 9.59 Å². The van der Waals surface area contributed by atoms with Gasteiger partial charge in [0, 0.05) is 17.6 Å². The van der Waals surface area contributed by atoms with Crippen molar-refractivity contribution in [2.24, 2.45) is 5.92 Å². The molecule has 0 saturated carbocycles. The van der Waals surface area contributed by atoms with Crippen LogP contribution in [0.1, 0.15) is 18.0 Å². The Morgan fingerprint density at radius 1 is 0.808 bits per heavy atom. The fraction of sp³-hybridized carbons (Fsp3) is 0.300. The second kappa shape index (κ2) is 6.01. The Hall–Kier alpha value is -2.02. The minimum Gasteiger partial charge on any atom is -0.274 e. The van der Waals surface area contributed by atoms with Crippen LogP contribution in [0.4, 0.5) is 5.69 Å². The maximum atomic E-state index is 13.4. The molecule has 0 radical (unpaired) electrons. The van der Waals surface area contributed by atoms with Crippen LogP contribution in [0.5, 0.6) is 0 Å². The first kappa shape index (κ1) is 16.2. The minimum absolute atomic E-state index is 0.0763. The highest BCUT2D eigenvalue weighted by molar-refractivity contribution is 9.10. The van der Waals surface area contributed by atoms with Crippen molar-refractivity contribution in [2.75, 3.05) is 18.0 Å². The van der Waals surface area contributed by atoms with Crippen molar-refractivity contribution >= 4 is 33.4 Å². The highest BCUT2D eigenvalue weighted by Gasteiger charge is 2.62. The Bertz CT molecular complexity index is 888. The van der Waals surface area contributed by atoms with Crippen LogP contribution in [0.2, 0.25) is 0 Å². The Kier molecular flexibility index (Phi) is 3.74. The van der Waals surface area contributed by atoms with Crippen LogP contribution in [-0.2, 0) is 9.59 Å². The van der Waals surface area contributed by atoms with E-state index in [0.29, 0.717) is 5.69 Å². The zero-order valence-electron chi connectivity index (χ0n) is 14.1. The van der Waals surface area contributed by atoms with E-state index >= 15 is 0 Å². The minimum atomic E-state index is -0.401. The second-order valence-electron chi connectivity index (χ2n) is 6.97. The summed E-state index contributed by atoms with van der Waals surface area (Å²) >= 11 is 3.49. The van der Waals surface area contributed by atoms with Crippen molar-refractivity contribution in [3.63, 3.8) is 0 Å². The van der Waals surface area contributed by atoms with Gasteiger partial charge in [-0.15, -0.1) is 0 Å². The number of hydrogen-bond acceptors (Lipinski definition) is 4. The molecule has 3 atom stereocenters. The normalized spacial score (nSPS) is 28.7. The van der Waals surface area contributed by atoms with Gasteiger partial charge in [-0.3, -0.25) is 9.59 Å². The van der Waals surface area contributed by atoms with E-state index in [1.807, 2.05) is 42.5 Å². The van der Waals surface area contributed by atoms with Crippen LogP contribution in [0.3, 0.4) is 0 Å². The molecular formula is C20H18BrN3O2. The van der Waals surface area contributed by atoms with E-state index in [1.54, 1.807) is 0 Å². The summed E-state index contributed by atoms with van der Waals surface area (Å²) in [5.74, 6) is -0.579. The monoisotopic (exact) mass is 411 g/mol. The highest BCUT2D eigenvalue weighted by atomic mass is 79.9. The van der Waals surface area contributed by atoms with E-state index in [2.05, 4.69) is 38.1 Å². The molecule has 3 fully saturated rings. The lowest BCUT2D eigenvalue weighted by Crippen LogP contribution is -2.44. The molecule has 2 amide bonds. The number of carbonyl (C=O) groups excluding carboxylic acids is 2. The Balaban J connectivity index is 1.61. The summed E-state index contributed by atoms with van der Waals surface area (Å²) in [7, 11) is 0. The molecule has 2 aromatic carbocycles. The van der Waals surface area contributed by atoms with Gasteiger partial charge in [0.25, 0.3) is 5.91 Å². The number of nitrogens with zero attached hydrogens (tertiary/aromatic N) is 3. The first-order valence-corrected chi connectivity index (χ1v) is 9.68. The van der Waals surface area contributed by atoms with E-state index in [4.69, 9.17) is 0 Å². The number of rotatable bonds is 2. The third-order valence-electron chi connectivity index (χ3n) is 5.64. The second-order valence-corrected chi connectivity index (χ2v) is 7.82. The molecule has 0 bridgehead atoms. The van der Waals surface area contributed by atoms with Gasteiger partial charge in [0.2, 0.25) is 5.91 Å². The molecule has 3 saturated heterocycles. The summed E-state index contributed by atoms with van der Waals surface area (Å²) in [6.07, 6.45) is 1.02. The zero-order valence-corrected chi connectivity index (χ0v) is 15.7. The van der Waals surface area contributed by atoms with Gasteiger partial charge in [0.1, 0.15) is 6.04 Å². The van der Waals surface area contributed by atoms with E-state index in [0.717, 1.165) is 29.5 Å². The smallest absolute Gasteiger partial charge is 0.253 e. The molecule has 6 heteroatoms. The predicted molar refractivity (Wildman–Crippen MR) is 101 cm³/mol. The molecule has 3 aliphatic heterocycles. The third kappa shape index (κ3) is 2.16. The fourth-order valence-electron chi connectivity index (χ4n) is 4.63. The van der Waals surface area contributed by atoms with Crippen molar-refractivity contribution in [1.29, 1.82) is 0 Å². The summed E-state index contributed by atoms with van der Waals surface area (Å²) in [5.41, 5.74) is 1.73. The number of fused-ring (bicyclic) bond motifs is 3. The lowest BCUT2D eigenvalue weighted by Gasteiger charge is -2.30. The van der Waals surface area contributed by atoms with Crippen LogP contribution in [-0.4, -0.2) is 41.0 Å². The summed E-state index contributed by atoms with van der Waals surface area (Å²) < 4.78 is 0.760. The highest BCUT2D eigenvalue weighted by Crippen LogP contribution is 2.49. The summed E-state index contributed by atoms with van der Waals surface area (Å²) in [6, 6.07) is 17.0. The number of carbonyl (C=O) groups is 2. The van der Waals surface area contributed by atoms with Gasteiger partial charge in [0.15, 0.2) is 0 Å². The molecule has 0 unspecified atom stereocenters. The quantitative estimate of drug-likeness (QED) is 0.712. The van der Waals surface area contributed by atoms with Crippen molar-refractivity contribution in [1.82, 2.24) is 10.0 Å². The number of para-hydroxylation sites is 1. The molecule has 26 heavy (non-hydrogen) atoms. The Labute approximate surface area is 160 Å². The molecule has 2 aromatic rings. The topological polar surface area (TPSA) is 43.9 Å². The van der Waals surface area contributed by atoms with Crippen molar-refractivity contribution in [3.8, 4) is 0 Å². The molecule has 0 spiro atoms. The molecule has 132 valence electrons. The number of hydrazine groups is 1. The molecule has 3 aliphatic rings. The first-order valence-electron chi connectivity index (χ1n) is 8.89. The van der Waals surface area contributed by atoms with Crippen LogP contribution in [0, 0.1) is 5.92 Å². The first-order chi connectivity index (χ1) is 12.7. The Morgan fingerprint density at radius 3 is 2.19 bits per heavy atom. The van der Waals surface area contributed by atoms with Crippen LogP contribution in [0.25, 0.3) is 0 Å². The van der Waals surface area contributed by atoms with Crippen LogP contribution in [0.15, 0.2) is 59.1 Å². The molecule has 0 aromatic heterocycles. The lowest BCUT2D eigenvalue weighted by atomic mass is 9.90. The van der Waals surface area contributed by atoms with E-state index in [1.165, 1.54) is 4.90 Å². The molecule has 0 N–H and O–H groups in total. The largest absolute Gasteiger partial charge is 0.274 e. The molecule has 3 heterocycles. The van der Waals surface area contributed by atoms with E-state index < -0.39 is 6.04 Å². The van der Waals surface area contributed by atoms with Gasteiger partial charge in [-0.2, -0.15) is 0 Å². The van der Waals surface area contributed by atoms with Crippen LogP contribution >= 0.6 is 15.9 Å². The number of amides is 2. The number of benzene rings is 2. The summed E-state index contributed by atoms with van der Waals surface area (Å²) in [4.78, 5) is 28.1. The average molecular weight is 412 g/mol. The standard InChI is InChI=1S/C20H18BrN3O2/c21-14-9-4-5-10-15(14)24-19(25)16-17(13-7-2-1-3-8-13)22-11-6-12-23(22)18(16)20(24)26/h1-5,7-10,16-18H,6,11-12H2/t16-,17+,18-/m0/s1. The average Bonchev–Trinajstić information content (AvgIpc) is 3.29. The number of anilines is 1. The van der Waals surface area contributed by atoms with Gasteiger partial charge in [-0.05, 0) is 40.0 Å². The summed E-state index contributed by atoms with van der Waals surface area (Å²) in [5, 5.41) is 4.36. The van der Waals surface area contributed by atoms with E-state index in [-0.39, 0.29) is 23.8 Å². The van der Waals surface area contributed by atoms with Crippen molar-refractivity contribution < 1.29 is 9.59 Å². The maximum Gasteiger partial charge on any atom is 0.253 e. The fourth-order valence-corrected chi connectivity index (χ4v) is 5.10.